The van der Waals surface area contributed by atoms with E-state index in [1.807, 2.05) is 55.5 Å². The first-order chi connectivity index (χ1) is 12.0. The van der Waals surface area contributed by atoms with E-state index in [-0.39, 0.29) is 24.4 Å². The second kappa shape index (κ2) is 12.1. The van der Waals surface area contributed by atoms with Gasteiger partial charge in [0.15, 0.2) is 0 Å². The molecule has 2 rings (SSSR count). The van der Waals surface area contributed by atoms with Crippen LogP contribution in [0.25, 0.3) is 0 Å². The molecule has 0 aromatic heterocycles. The van der Waals surface area contributed by atoms with E-state index in [0.29, 0.717) is 19.6 Å². The first kappa shape index (κ1) is 22.6. The largest absolute Gasteiger partial charge is 0.493 e. The maximum atomic E-state index is 11.6. The molecule has 0 fully saturated rings. The van der Waals surface area contributed by atoms with E-state index in [9.17, 15) is 4.79 Å². The van der Waals surface area contributed by atoms with Crippen molar-refractivity contribution in [3.8, 4) is 5.75 Å². The maximum absolute atomic E-state index is 11.6. The molecule has 0 aliphatic carbocycles. The van der Waals surface area contributed by atoms with Crippen molar-refractivity contribution in [3.05, 3.63) is 59.1 Å². The molecule has 3 N–H and O–H groups in total. The molecule has 0 saturated heterocycles. The first-order valence-corrected chi connectivity index (χ1v) is 9.51. The van der Waals surface area contributed by atoms with Crippen LogP contribution in [0.2, 0.25) is 5.02 Å². The molecule has 2 aromatic rings. The van der Waals surface area contributed by atoms with Gasteiger partial charge in [0.25, 0.3) is 0 Å². The van der Waals surface area contributed by atoms with Crippen LogP contribution in [-0.4, -0.2) is 24.3 Å². The van der Waals surface area contributed by atoms with Gasteiger partial charge in [0, 0.05) is 34.7 Å². The molecule has 0 radical (unpaired) electrons. The average Bonchev–Trinajstić information content (AvgIpc) is 2.59. The van der Waals surface area contributed by atoms with E-state index in [2.05, 4.69) is 5.32 Å². The lowest BCUT2D eigenvalue weighted by atomic mass is 10.2. The van der Waals surface area contributed by atoms with Gasteiger partial charge in [-0.05, 0) is 48.9 Å². The van der Waals surface area contributed by atoms with Crippen LogP contribution in [0.1, 0.15) is 18.9 Å². The Kier molecular flexibility index (Phi) is 10.5. The summed E-state index contributed by atoms with van der Waals surface area (Å²) in [6.45, 7) is 2.94. The highest BCUT2D eigenvalue weighted by molar-refractivity contribution is 7.99. The van der Waals surface area contributed by atoms with Crippen molar-refractivity contribution in [2.24, 2.45) is 5.73 Å². The Morgan fingerprint density at radius 1 is 1.19 bits per heavy atom. The summed E-state index contributed by atoms with van der Waals surface area (Å²) >= 11 is 7.59. The quantitative estimate of drug-likeness (QED) is 0.474. The molecule has 0 saturated carbocycles. The number of rotatable bonds is 9. The standard InChI is InChI=1S/C19H23ClN2O2S.ClH/c1-14(21)12-19(23)22-13-15-2-6-17(7-3-15)24-10-11-25-18-8-4-16(20)5-9-18;/h2-9,14H,10-13,21H2,1H3,(H,22,23);1H. The molecular weight excluding hydrogens is 391 g/mol. The van der Waals surface area contributed by atoms with Gasteiger partial charge in [-0.15, -0.1) is 24.2 Å². The van der Waals surface area contributed by atoms with Crippen molar-refractivity contribution >= 4 is 41.7 Å². The highest BCUT2D eigenvalue weighted by Gasteiger charge is 2.04. The fraction of sp³-hybridized carbons (Fsp3) is 0.316. The zero-order valence-corrected chi connectivity index (χ0v) is 17.0. The molecule has 0 aliphatic heterocycles. The lowest BCUT2D eigenvalue weighted by molar-refractivity contribution is -0.121. The highest BCUT2D eigenvalue weighted by atomic mass is 35.5. The van der Waals surface area contributed by atoms with E-state index >= 15 is 0 Å². The third kappa shape index (κ3) is 8.81. The number of amides is 1. The Balaban J connectivity index is 0.00000338. The number of nitrogens with one attached hydrogen (secondary N) is 1. The van der Waals surface area contributed by atoms with Gasteiger partial charge < -0.3 is 15.8 Å². The van der Waals surface area contributed by atoms with E-state index in [1.165, 1.54) is 4.90 Å². The number of hydrogen-bond acceptors (Lipinski definition) is 4. The van der Waals surface area contributed by atoms with Gasteiger partial charge in [-0.2, -0.15) is 0 Å². The predicted molar refractivity (Wildman–Crippen MR) is 111 cm³/mol. The van der Waals surface area contributed by atoms with Crippen molar-refractivity contribution in [1.29, 1.82) is 0 Å². The first-order valence-electron chi connectivity index (χ1n) is 8.15. The number of ether oxygens (including phenoxy) is 1. The fourth-order valence-corrected chi connectivity index (χ4v) is 2.98. The van der Waals surface area contributed by atoms with Gasteiger partial charge in [-0.25, -0.2) is 0 Å². The van der Waals surface area contributed by atoms with Crippen LogP contribution in [0.5, 0.6) is 5.75 Å². The molecule has 142 valence electrons. The monoisotopic (exact) mass is 414 g/mol. The number of thioether (sulfide) groups is 1. The smallest absolute Gasteiger partial charge is 0.221 e. The summed E-state index contributed by atoms with van der Waals surface area (Å²) in [6, 6.07) is 15.4. The summed E-state index contributed by atoms with van der Waals surface area (Å²) in [4.78, 5) is 12.8. The summed E-state index contributed by atoms with van der Waals surface area (Å²) in [5.41, 5.74) is 6.63. The van der Waals surface area contributed by atoms with Gasteiger partial charge in [0.1, 0.15) is 5.75 Å². The lowest BCUT2D eigenvalue weighted by Crippen LogP contribution is -2.29. The number of carbonyl (C=O) groups excluding carboxylic acids is 1. The number of hydrogen-bond donors (Lipinski definition) is 2. The molecule has 0 heterocycles. The second-order valence-electron chi connectivity index (χ2n) is 5.75. The minimum absolute atomic E-state index is 0. The van der Waals surface area contributed by atoms with Crippen LogP contribution >= 0.6 is 35.8 Å². The zero-order chi connectivity index (χ0) is 18.1. The molecule has 1 atom stereocenters. The summed E-state index contributed by atoms with van der Waals surface area (Å²) in [5, 5.41) is 3.60. The van der Waals surface area contributed by atoms with Crippen LogP contribution in [0.4, 0.5) is 0 Å². The van der Waals surface area contributed by atoms with Gasteiger partial charge in [-0.1, -0.05) is 23.7 Å². The van der Waals surface area contributed by atoms with Crippen molar-refractivity contribution in [1.82, 2.24) is 5.32 Å². The second-order valence-corrected chi connectivity index (χ2v) is 7.36. The van der Waals surface area contributed by atoms with Crippen molar-refractivity contribution < 1.29 is 9.53 Å². The highest BCUT2D eigenvalue weighted by Crippen LogP contribution is 2.20. The summed E-state index contributed by atoms with van der Waals surface area (Å²) in [6.07, 6.45) is 0.340. The lowest BCUT2D eigenvalue weighted by Gasteiger charge is -2.09. The van der Waals surface area contributed by atoms with Gasteiger partial charge in [0.05, 0.1) is 6.61 Å². The minimum Gasteiger partial charge on any atom is -0.493 e. The van der Waals surface area contributed by atoms with Crippen molar-refractivity contribution in [3.63, 3.8) is 0 Å². The van der Waals surface area contributed by atoms with E-state index in [4.69, 9.17) is 22.1 Å². The molecule has 0 spiro atoms. The Morgan fingerprint density at radius 2 is 1.85 bits per heavy atom. The SMILES string of the molecule is CC(N)CC(=O)NCc1ccc(OCCSc2ccc(Cl)cc2)cc1.Cl. The van der Waals surface area contributed by atoms with E-state index < -0.39 is 0 Å². The molecule has 2 aromatic carbocycles. The number of halogens is 2. The van der Waals surface area contributed by atoms with Crippen molar-refractivity contribution in [2.75, 3.05) is 12.4 Å². The molecule has 0 bridgehead atoms. The van der Waals surface area contributed by atoms with E-state index in [0.717, 1.165) is 22.1 Å². The zero-order valence-electron chi connectivity index (χ0n) is 14.6. The number of benzene rings is 2. The maximum Gasteiger partial charge on any atom is 0.221 e. The molecule has 4 nitrogen and oxygen atoms in total. The Hall–Kier alpha value is -1.40. The molecule has 1 amide bonds. The number of carbonyl (C=O) groups is 1. The van der Waals surface area contributed by atoms with Crippen LogP contribution in [0.15, 0.2) is 53.4 Å². The molecule has 7 heteroatoms. The van der Waals surface area contributed by atoms with Gasteiger partial charge in [0.2, 0.25) is 5.91 Å². The summed E-state index contributed by atoms with van der Waals surface area (Å²) in [5.74, 6) is 1.65. The fourth-order valence-electron chi connectivity index (χ4n) is 2.12. The Bertz CT molecular complexity index is 664. The molecule has 1 unspecified atom stereocenters. The van der Waals surface area contributed by atoms with E-state index in [1.54, 1.807) is 11.8 Å². The van der Waals surface area contributed by atoms with Crippen molar-refractivity contribution in [2.45, 2.75) is 30.8 Å². The third-order valence-electron chi connectivity index (χ3n) is 3.35. The van der Waals surface area contributed by atoms with Crippen LogP contribution < -0.4 is 15.8 Å². The van der Waals surface area contributed by atoms with Crippen LogP contribution in [0.3, 0.4) is 0 Å². The summed E-state index contributed by atoms with van der Waals surface area (Å²) in [7, 11) is 0. The Labute approximate surface area is 170 Å². The van der Waals surface area contributed by atoms with Crippen LogP contribution in [0, 0.1) is 0 Å². The topological polar surface area (TPSA) is 64.4 Å². The van der Waals surface area contributed by atoms with Crippen LogP contribution in [-0.2, 0) is 11.3 Å². The number of nitrogens with two attached hydrogens (primary N) is 1. The average molecular weight is 415 g/mol. The predicted octanol–water partition coefficient (Wildman–Crippen LogP) is 4.29. The molecular formula is C19H24Cl2N2O2S. The summed E-state index contributed by atoms with van der Waals surface area (Å²) < 4.78 is 5.73. The third-order valence-corrected chi connectivity index (χ3v) is 4.58. The molecule has 26 heavy (non-hydrogen) atoms. The molecule has 0 aliphatic rings. The van der Waals surface area contributed by atoms with Gasteiger partial charge in [-0.3, -0.25) is 4.79 Å². The van der Waals surface area contributed by atoms with Gasteiger partial charge >= 0.3 is 0 Å². The normalized spacial score (nSPS) is 11.3. The minimum atomic E-state index is -0.124. The Morgan fingerprint density at radius 3 is 2.46 bits per heavy atom.